The summed E-state index contributed by atoms with van der Waals surface area (Å²) in [7, 11) is -7.61. The van der Waals surface area contributed by atoms with Crippen LogP contribution in [0.5, 0.6) is 0 Å². The molecule has 2 aromatic carbocycles. The molecule has 0 heterocycles. The fourth-order valence-electron chi connectivity index (χ4n) is 2.00. The van der Waals surface area contributed by atoms with Gasteiger partial charge in [-0.05, 0) is 36.2 Å². The van der Waals surface area contributed by atoms with Crippen LogP contribution in [0.1, 0.15) is 12.5 Å². The van der Waals surface area contributed by atoms with Gasteiger partial charge in [0.1, 0.15) is 4.90 Å². The summed E-state index contributed by atoms with van der Waals surface area (Å²) in [6.07, 6.45) is 1.83. The lowest BCUT2D eigenvalue weighted by molar-refractivity contribution is 0.588. The van der Waals surface area contributed by atoms with Crippen LogP contribution in [0.4, 0.5) is 5.69 Å². The van der Waals surface area contributed by atoms with Crippen LogP contribution in [0, 0.1) is 0 Å². The van der Waals surface area contributed by atoms with E-state index >= 15 is 0 Å². The highest BCUT2D eigenvalue weighted by Crippen LogP contribution is 2.23. The van der Waals surface area contributed by atoms with Crippen LogP contribution >= 0.6 is 0 Å². The molecule has 0 radical (unpaired) electrons. The van der Waals surface area contributed by atoms with Gasteiger partial charge >= 0.3 is 0 Å². The van der Waals surface area contributed by atoms with Crippen LogP contribution in [-0.4, -0.2) is 23.1 Å². The van der Waals surface area contributed by atoms with Crippen molar-refractivity contribution in [3.05, 3.63) is 54.1 Å². The fraction of sp³-hybridized carbons (Fsp3) is 0.200. The second kappa shape index (κ2) is 6.10. The number of hydrogen-bond donors (Lipinski definition) is 1. The average Bonchev–Trinajstić information content (AvgIpc) is 2.47. The third-order valence-electron chi connectivity index (χ3n) is 3.15. The zero-order valence-electron chi connectivity index (χ0n) is 12.3. The number of sulfone groups is 1. The van der Waals surface area contributed by atoms with E-state index in [1.807, 2.05) is 19.1 Å². The highest BCUT2D eigenvalue weighted by Gasteiger charge is 2.23. The average molecular weight is 339 g/mol. The summed E-state index contributed by atoms with van der Waals surface area (Å²) < 4.78 is 50.8. The van der Waals surface area contributed by atoms with Crippen molar-refractivity contribution in [2.45, 2.75) is 23.1 Å². The number of sulfonamides is 1. The van der Waals surface area contributed by atoms with E-state index in [4.69, 9.17) is 0 Å². The number of aryl methyl sites for hydroxylation is 1. The first-order valence-corrected chi connectivity index (χ1v) is 10.0. The molecule has 0 aliphatic heterocycles. The van der Waals surface area contributed by atoms with Gasteiger partial charge in [0.2, 0.25) is 0 Å². The van der Waals surface area contributed by atoms with Gasteiger partial charge in [-0.25, -0.2) is 16.8 Å². The fourth-order valence-corrected chi connectivity index (χ4v) is 4.69. The first-order chi connectivity index (χ1) is 10.2. The molecule has 0 saturated carbocycles. The lowest BCUT2D eigenvalue weighted by atomic mass is 10.2. The number of nitrogens with one attached hydrogen (secondary N) is 1. The standard InChI is InChI=1S/C15H17NO4S2/c1-3-12-8-10-13(11-9-12)16-22(19,20)15-7-5-4-6-14(15)21(2,17)18/h4-11,16H,3H2,1-2H3. The van der Waals surface area contributed by atoms with Gasteiger partial charge in [0.15, 0.2) is 9.84 Å². The molecule has 0 atom stereocenters. The summed E-state index contributed by atoms with van der Waals surface area (Å²) in [6.45, 7) is 2.00. The predicted molar refractivity (Wildman–Crippen MR) is 86.2 cm³/mol. The molecular formula is C15H17NO4S2. The number of rotatable bonds is 5. The number of hydrogen-bond acceptors (Lipinski definition) is 4. The molecule has 1 N–H and O–H groups in total. The van der Waals surface area contributed by atoms with Crippen LogP contribution < -0.4 is 4.72 Å². The zero-order valence-corrected chi connectivity index (χ0v) is 13.9. The molecule has 118 valence electrons. The summed E-state index contributed by atoms with van der Waals surface area (Å²) in [5, 5.41) is 0. The maximum absolute atomic E-state index is 12.4. The Labute approximate surface area is 131 Å². The molecule has 0 saturated heterocycles. The van der Waals surface area contributed by atoms with E-state index in [1.54, 1.807) is 12.1 Å². The van der Waals surface area contributed by atoms with Crippen molar-refractivity contribution in [1.82, 2.24) is 0 Å². The molecule has 2 aromatic rings. The Bertz CT molecular complexity index is 870. The van der Waals surface area contributed by atoms with Gasteiger partial charge in [-0.2, -0.15) is 0 Å². The Morgan fingerprint density at radius 3 is 1.91 bits per heavy atom. The number of benzene rings is 2. The number of anilines is 1. The van der Waals surface area contributed by atoms with Crippen molar-refractivity contribution < 1.29 is 16.8 Å². The second-order valence-electron chi connectivity index (χ2n) is 4.87. The van der Waals surface area contributed by atoms with Crippen LogP contribution in [-0.2, 0) is 26.3 Å². The lowest BCUT2D eigenvalue weighted by Gasteiger charge is -2.11. The molecule has 0 bridgehead atoms. The van der Waals surface area contributed by atoms with Crippen LogP contribution in [0.2, 0.25) is 0 Å². The minimum absolute atomic E-state index is 0.215. The molecule has 0 aliphatic rings. The molecule has 0 fully saturated rings. The van der Waals surface area contributed by atoms with Crippen LogP contribution in [0.3, 0.4) is 0 Å². The molecule has 0 aromatic heterocycles. The monoisotopic (exact) mass is 339 g/mol. The summed E-state index contributed by atoms with van der Waals surface area (Å²) >= 11 is 0. The molecule has 7 heteroatoms. The van der Waals surface area contributed by atoms with E-state index in [0.29, 0.717) is 5.69 Å². The van der Waals surface area contributed by atoms with E-state index in [1.165, 1.54) is 24.3 Å². The Balaban J connectivity index is 2.43. The largest absolute Gasteiger partial charge is 0.280 e. The van der Waals surface area contributed by atoms with Crippen LogP contribution in [0.25, 0.3) is 0 Å². The van der Waals surface area contributed by atoms with Gasteiger partial charge in [-0.3, -0.25) is 4.72 Å². The minimum atomic E-state index is -3.98. The Hall–Kier alpha value is -1.86. The van der Waals surface area contributed by atoms with E-state index in [9.17, 15) is 16.8 Å². The van der Waals surface area contributed by atoms with Gasteiger partial charge in [-0.15, -0.1) is 0 Å². The highest BCUT2D eigenvalue weighted by molar-refractivity contribution is 7.95. The highest BCUT2D eigenvalue weighted by atomic mass is 32.2. The maximum Gasteiger partial charge on any atom is 0.263 e. The van der Waals surface area contributed by atoms with Crippen molar-refractivity contribution >= 4 is 25.5 Å². The van der Waals surface area contributed by atoms with Crippen LogP contribution in [0.15, 0.2) is 58.3 Å². The van der Waals surface area contributed by atoms with Crippen molar-refractivity contribution in [2.24, 2.45) is 0 Å². The second-order valence-corrected chi connectivity index (χ2v) is 8.51. The van der Waals surface area contributed by atoms with E-state index in [0.717, 1.165) is 18.2 Å². The predicted octanol–water partition coefficient (Wildman–Crippen LogP) is 2.45. The van der Waals surface area contributed by atoms with E-state index in [2.05, 4.69) is 4.72 Å². The smallest absolute Gasteiger partial charge is 0.263 e. The molecular weight excluding hydrogens is 322 g/mol. The van der Waals surface area contributed by atoms with Gasteiger partial charge in [-0.1, -0.05) is 31.2 Å². The normalized spacial score (nSPS) is 12.1. The first kappa shape index (κ1) is 16.5. The topological polar surface area (TPSA) is 80.3 Å². The molecule has 0 unspecified atom stereocenters. The Kier molecular flexibility index (Phi) is 4.58. The lowest BCUT2D eigenvalue weighted by Crippen LogP contribution is -2.16. The van der Waals surface area contributed by atoms with Crippen molar-refractivity contribution in [3.63, 3.8) is 0 Å². The van der Waals surface area contributed by atoms with Gasteiger partial charge < -0.3 is 0 Å². The van der Waals surface area contributed by atoms with E-state index in [-0.39, 0.29) is 9.79 Å². The Morgan fingerprint density at radius 1 is 0.864 bits per heavy atom. The van der Waals surface area contributed by atoms with Crippen molar-refractivity contribution in [1.29, 1.82) is 0 Å². The van der Waals surface area contributed by atoms with Crippen molar-refractivity contribution in [2.75, 3.05) is 11.0 Å². The molecule has 5 nitrogen and oxygen atoms in total. The zero-order chi connectivity index (χ0) is 16.4. The third-order valence-corrected chi connectivity index (χ3v) is 5.88. The summed E-state index contributed by atoms with van der Waals surface area (Å²) in [4.78, 5) is -0.468. The van der Waals surface area contributed by atoms with Gasteiger partial charge in [0, 0.05) is 11.9 Å². The summed E-state index contributed by atoms with van der Waals surface area (Å²) in [5.74, 6) is 0. The van der Waals surface area contributed by atoms with E-state index < -0.39 is 19.9 Å². The third kappa shape index (κ3) is 3.66. The van der Waals surface area contributed by atoms with Crippen molar-refractivity contribution in [3.8, 4) is 0 Å². The Morgan fingerprint density at radius 2 is 1.41 bits per heavy atom. The molecule has 2 rings (SSSR count). The first-order valence-electron chi connectivity index (χ1n) is 6.65. The summed E-state index contributed by atoms with van der Waals surface area (Å²) in [6, 6.07) is 12.5. The molecule has 0 spiro atoms. The SMILES string of the molecule is CCc1ccc(NS(=O)(=O)c2ccccc2S(C)(=O)=O)cc1. The quantitative estimate of drug-likeness (QED) is 0.907. The molecule has 22 heavy (non-hydrogen) atoms. The summed E-state index contributed by atoms with van der Waals surface area (Å²) in [5.41, 5.74) is 1.47. The molecule has 0 aliphatic carbocycles. The van der Waals surface area contributed by atoms with Gasteiger partial charge in [0.25, 0.3) is 10.0 Å². The minimum Gasteiger partial charge on any atom is -0.280 e. The van der Waals surface area contributed by atoms with Gasteiger partial charge in [0.05, 0.1) is 4.90 Å². The maximum atomic E-state index is 12.4. The molecule has 0 amide bonds.